The van der Waals surface area contributed by atoms with Gasteiger partial charge in [-0.25, -0.2) is 5.01 Å². The number of benzene rings is 2. The van der Waals surface area contributed by atoms with Crippen LogP contribution in [0.1, 0.15) is 47.6 Å². The van der Waals surface area contributed by atoms with Gasteiger partial charge in [0.05, 0.1) is 18.4 Å². The van der Waals surface area contributed by atoms with Crippen molar-refractivity contribution in [1.82, 2.24) is 9.91 Å². The zero-order valence-corrected chi connectivity index (χ0v) is 20.1. The fraction of sp³-hybridized carbons (Fsp3) is 0.423. The van der Waals surface area contributed by atoms with Gasteiger partial charge in [-0.15, -0.1) is 0 Å². The van der Waals surface area contributed by atoms with Crippen molar-refractivity contribution in [2.24, 2.45) is 11.0 Å². The Morgan fingerprint density at radius 3 is 2.48 bits per heavy atom. The third kappa shape index (κ3) is 5.45. The molecule has 1 fully saturated rings. The van der Waals surface area contributed by atoms with E-state index >= 15 is 0 Å². The van der Waals surface area contributed by atoms with E-state index in [4.69, 9.17) is 21.4 Å². The van der Waals surface area contributed by atoms with E-state index in [-0.39, 0.29) is 30.3 Å². The number of amides is 2. The summed E-state index contributed by atoms with van der Waals surface area (Å²) in [5.41, 5.74) is 5.24. The summed E-state index contributed by atoms with van der Waals surface area (Å²) in [6.07, 6.45) is 2.38. The molecule has 1 heterocycles. The van der Waals surface area contributed by atoms with Gasteiger partial charge in [0.1, 0.15) is 6.54 Å². The number of nitrogens with zero attached hydrogens (tertiary/aromatic N) is 3. The molecule has 1 aliphatic carbocycles. The predicted octanol–water partition coefficient (Wildman–Crippen LogP) is 4.52. The molecule has 4 rings (SSSR count). The van der Waals surface area contributed by atoms with E-state index in [1.807, 2.05) is 24.3 Å². The molecule has 174 valence electrons. The molecule has 0 radical (unpaired) electrons. The third-order valence-corrected chi connectivity index (χ3v) is 6.64. The molecular formula is C26H30ClN3O3. The maximum atomic E-state index is 13.5. The number of rotatable bonds is 8. The molecule has 0 N–H and O–H groups in total. The first-order valence-electron chi connectivity index (χ1n) is 11.4. The van der Waals surface area contributed by atoms with Crippen molar-refractivity contribution in [3.05, 3.63) is 69.7 Å². The number of hydrogen-bond acceptors (Lipinski definition) is 4. The second kappa shape index (κ2) is 10.1. The third-order valence-electron chi connectivity index (χ3n) is 6.39. The Labute approximate surface area is 200 Å². The van der Waals surface area contributed by atoms with Crippen LogP contribution in [0.2, 0.25) is 5.02 Å². The minimum Gasteiger partial charge on any atom is -0.383 e. The Hall–Kier alpha value is -2.70. The average Bonchev–Trinajstić information content (AvgIpc) is 3.56. The van der Waals surface area contributed by atoms with Crippen molar-refractivity contribution in [3.8, 4) is 0 Å². The van der Waals surface area contributed by atoms with Crippen LogP contribution in [0.4, 0.5) is 0 Å². The molecule has 0 aromatic heterocycles. The maximum Gasteiger partial charge on any atom is 0.262 e. The van der Waals surface area contributed by atoms with Crippen molar-refractivity contribution in [1.29, 1.82) is 0 Å². The molecule has 1 atom stereocenters. The summed E-state index contributed by atoms with van der Waals surface area (Å²) < 4.78 is 5.17. The van der Waals surface area contributed by atoms with Crippen molar-refractivity contribution in [3.63, 3.8) is 0 Å². The average molecular weight is 468 g/mol. The monoisotopic (exact) mass is 467 g/mol. The normalized spacial score (nSPS) is 17.8. The molecule has 7 heteroatoms. The molecule has 1 saturated carbocycles. The first-order chi connectivity index (χ1) is 15.9. The molecule has 0 saturated heterocycles. The number of hydrogen-bond donors (Lipinski definition) is 0. The van der Waals surface area contributed by atoms with Crippen LogP contribution in [0.25, 0.3) is 0 Å². The second-order valence-electron chi connectivity index (χ2n) is 8.88. The molecular weight excluding hydrogens is 438 g/mol. The van der Waals surface area contributed by atoms with Gasteiger partial charge in [0, 0.05) is 31.0 Å². The zero-order valence-electron chi connectivity index (χ0n) is 19.4. The number of carbonyl (C=O) groups is 2. The van der Waals surface area contributed by atoms with E-state index in [9.17, 15) is 9.59 Å². The smallest absolute Gasteiger partial charge is 0.262 e. The van der Waals surface area contributed by atoms with Crippen LogP contribution in [0.15, 0.2) is 47.6 Å². The highest BCUT2D eigenvalue weighted by molar-refractivity contribution is 6.30. The molecule has 1 aliphatic heterocycles. The molecule has 0 spiro atoms. The standard InChI is InChI=1S/C26H30ClN3O3/c1-17-4-5-21(14-18(17)2)23-15-24(19-8-10-22(27)11-9-19)30(28-23)25(31)16-29(12-13-33-3)26(32)20-6-7-20/h4-5,8-11,14,20,24H,6-7,12-13,15-16H2,1-3H3/t24-/m1/s1. The summed E-state index contributed by atoms with van der Waals surface area (Å²) in [7, 11) is 1.60. The topological polar surface area (TPSA) is 62.2 Å². The fourth-order valence-electron chi connectivity index (χ4n) is 4.07. The first-order valence-corrected chi connectivity index (χ1v) is 11.8. The first kappa shape index (κ1) is 23.5. The maximum absolute atomic E-state index is 13.5. The fourth-order valence-corrected chi connectivity index (χ4v) is 4.20. The van der Waals surface area contributed by atoms with Crippen molar-refractivity contribution >= 4 is 29.1 Å². The number of halogens is 1. The van der Waals surface area contributed by atoms with Crippen LogP contribution in [0.5, 0.6) is 0 Å². The molecule has 0 bridgehead atoms. The lowest BCUT2D eigenvalue weighted by atomic mass is 9.96. The number of ether oxygens (including phenoxy) is 1. The predicted molar refractivity (Wildman–Crippen MR) is 129 cm³/mol. The Kier molecular flexibility index (Phi) is 7.15. The highest BCUT2D eigenvalue weighted by Gasteiger charge is 2.37. The summed E-state index contributed by atoms with van der Waals surface area (Å²) in [6, 6.07) is 13.5. The van der Waals surface area contributed by atoms with E-state index in [0.717, 1.165) is 29.7 Å². The van der Waals surface area contributed by atoms with Crippen molar-refractivity contribution in [2.75, 3.05) is 26.8 Å². The van der Waals surface area contributed by atoms with Crippen LogP contribution in [0.3, 0.4) is 0 Å². The van der Waals surface area contributed by atoms with Gasteiger partial charge in [-0.1, -0.05) is 35.9 Å². The van der Waals surface area contributed by atoms with E-state index in [1.165, 1.54) is 11.1 Å². The summed E-state index contributed by atoms with van der Waals surface area (Å²) in [4.78, 5) is 27.8. The number of methoxy groups -OCH3 is 1. The Morgan fingerprint density at radius 2 is 1.85 bits per heavy atom. The van der Waals surface area contributed by atoms with Gasteiger partial charge in [-0.3, -0.25) is 9.59 Å². The van der Waals surface area contributed by atoms with Crippen LogP contribution < -0.4 is 0 Å². The van der Waals surface area contributed by atoms with Gasteiger partial charge < -0.3 is 9.64 Å². The molecule has 0 unspecified atom stereocenters. The SMILES string of the molecule is COCCN(CC(=O)N1N=C(c2ccc(C)c(C)c2)C[C@@H]1c1ccc(Cl)cc1)C(=O)C1CC1. The number of carbonyl (C=O) groups excluding carboxylic acids is 2. The van der Waals surface area contributed by atoms with Gasteiger partial charge in [-0.05, 0) is 67.1 Å². The molecule has 6 nitrogen and oxygen atoms in total. The summed E-state index contributed by atoms with van der Waals surface area (Å²) in [6.45, 7) is 4.93. The molecule has 2 aromatic rings. The van der Waals surface area contributed by atoms with Crippen LogP contribution in [-0.2, 0) is 14.3 Å². The van der Waals surface area contributed by atoms with Crippen LogP contribution >= 0.6 is 11.6 Å². The number of hydrazone groups is 1. The van der Waals surface area contributed by atoms with Crippen LogP contribution in [0, 0.1) is 19.8 Å². The summed E-state index contributed by atoms with van der Waals surface area (Å²) in [5, 5.41) is 6.95. The van der Waals surface area contributed by atoms with Gasteiger partial charge in [0.2, 0.25) is 5.91 Å². The lowest BCUT2D eigenvalue weighted by molar-refractivity contribution is -0.142. The second-order valence-corrected chi connectivity index (χ2v) is 9.32. The lowest BCUT2D eigenvalue weighted by Gasteiger charge is -2.27. The summed E-state index contributed by atoms with van der Waals surface area (Å²) >= 11 is 6.10. The Balaban J connectivity index is 1.61. The zero-order chi connectivity index (χ0) is 23.5. The Bertz CT molecular complexity index is 1060. The van der Waals surface area contributed by atoms with E-state index < -0.39 is 0 Å². The van der Waals surface area contributed by atoms with Gasteiger partial charge >= 0.3 is 0 Å². The minimum absolute atomic E-state index is 0.00745. The molecule has 2 aliphatic rings. The largest absolute Gasteiger partial charge is 0.383 e. The quantitative estimate of drug-likeness (QED) is 0.573. The van der Waals surface area contributed by atoms with Crippen LogP contribution in [-0.4, -0.2) is 54.2 Å². The van der Waals surface area contributed by atoms with E-state index in [0.29, 0.717) is 24.6 Å². The highest BCUT2D eigenvalue weighted by atomic mass is 35.5. The molecule has 33 heavy (non-hydrogen) atoms. The van der Waals surface area contributed by atoms with E-state index in [1.54, 1.807) is 17.0 Å². The van der Waals surface area contributed by atoms with Crippen molar-refractivity contribution in [2.45, 2.75) is 39.2 Å². The Morgan fingerprint density at radius 1 is 1.12 bits per heavy atom. The van der Waals surface area contributed by atoms with E-state index in [2.05, 4.69) is 32.0 Å². The lowest BCUT2D eigenvalue weighted by Crippen LogP contribution is -2.43. The highest BCUT2D eigenvalue weighted by Crippen LogP contribution is 2.35. The summed E-state index contributed by atoms with van der Waals surface area (Å²) in [5.74, 6) is -0.130. The molecule has 2 amide bonds. The minimum atomic E-state index is -0.244. The van der Waals surface area contributed by atoms with Gasteiger partial charge in [0.15, 0.2) is 0 Å². The number of aryl methyl sites for hydroxylation is 2. The van der Waals surface area contributed by atoms with Gasteiger partial charge in [-0.2, -0.15) is 5.10 Å². The van der Waals surface area contributed by atoms with Crippen molar-refractivity contribution < 1.29 is 14.3 Å². The van der Waals surface area contributed by atoms with Gasteiger partial charge in [0.25, 0.3) is 5.91 Å². The molecule has 2 aromatic carbocycles.